The Hall–Kier alpha value is -3.28. The van der Waals surface area contributed by atoms with Crippen molar-refractivity contribution in [2.75, 3.05) is 11.5 Å². The Bertz CT molecular complexity index is 1560. The fraction of sp³-hybridized carbons (Fsp3) is 0.500. The zero-order valence-corrected chi connectivity index (χ0v) is 20.0. The topological polar surface area (TPSA) is 135 Å². The third-order valence-corrected chi connectivity index (χ3v) is 8.35. The Morgan fingerprint density at radius 3 is 2.53 bits per heavy atom. The second-order valence-corrected chi connectivity index (χ2v) is 11.3. The molecule has 180 valence electrons. The van der Waals surface area contributed by atoms with Gasteiger partial charge < -0.3 is 4.74 Å². The molecule has 11 nitrogen and oxygen atoms in total. The first kappa shape index (κ1) is 22.5. The number of aromatic nitrogens is 5. The lowest BCUT2D eigenvalue weighted by Crippen LogP contribution is -2.38. The van der Waals surface area contributed by atoms with Crippen LogP contribution in [-0.2, 0) is 35.3 Å². The van der Waals surface area contributed by atoms with E-state index < -0.39 is 27.1 Å². The van der Waals surface area contributed by atoms with Gasteiger partial charge in [0.2, 0.25) is 0 Å². The van der Waals surface area contributed by atoms with Gasteiger partial charge in [-0.25, -0.2) is 27.7 Å². The maximum absolute atomic E-state index is 13.2. The minimum atomic E-state index is -3.13. The molecular formula is C22H25N5O6S. The number of pyridine rings is 1. The van der Waals surface area contributed by atoms with Gasteiger partial charge in [0.25, 0.3) is 5.56 Å². The van der Waals surface area contributed by atoms with Crippen LogP contribution in [0.1, 0.15) is 58.7 Å². The number of fused-ring (bicyclic) bond motifs is 1. The van der Waals surface area contributed by atoms with Gasteiger partial charge in [-0.3, -0.25) is 13.9 Å². The van der Waals surface area contributed by atoms with Gasteiger partial charge >= 0.3 is 11.7 Å². The van der Waals surface area contributed by atoms with Crippen molar-refractivity contribution in [1.29, 1.82) is 0 Å². The molecule has 0 spiro atoms. The van der Waals surface area contributed by atoms with Gasteiger partial charge in [-0.05, 0) is 32.3 Å². The van der Waals surface area contributed by atoms with Gasteiger partial charge in [-0.1, -0.05) is 0 Å². The van der Waals surface area contributed by atoms with Crippen molar-refractivity contribution in [2.45, 2.75) is 44.8 Å². The summed E-state index contributed by atoms with van der Waals surface area (Å²) < 4.78 is 33.5. The minimum absolute atomic E-state index is 0.00463. The Balaban J connectivity index is 1.54. The summed E-state index contributed by atoms with van der Waals surface area (Å²) in [4.78, 5) is 42.1. The fourth-order valence-corrected chi connectivity index (χ4v) is 6.13. The van der Waals surface area contributed by atoms with E-state index in [4.69, 9.17) is 9.72 Å². The average Bonchev–Trinajstić information content (AvgIpc) is 3.51. The normalized spacial score (nSPS) is 19.6. The van der Waals surface area contributed by atoms with Gasteiger partial charge in [0.15, 0.2) is 15.5 Å². The summed E-state index contributed by atoms with van der Waals surface area (Å²) in [5, 5.41) is 5.08. The molecular weight excluding hydrogens is 462 g/mol. The number of sulfone groups is 1. The molecule has 0 amide bonds. The molecule has 0 bridgehead atoms. The molecule has 4 heterocycles. The van der Waals surface area contributed by atoms with Gasteiger partial charge in [-0.15, -0.1) is 0 Å². The fourth-order valence-electron chi connectivity index (χ4n) is 4.44. The Morgan fingerprint density at radius 2 is 1.88 bits per heavy atom. The number of nitrogens with zero attached hydrogens (tertiary/aromatic N) is 5. The number of esters is 1. The van der Waals surface area contributed by atoms with Crippen LogP contribution in [0.2, 0.25) is 0 Å². The SMILES string of the molecule is Cc1nn([C@H]2CCS(=O)(=O)C2)c2nc(C3CC3)cc(C(=O)OCc3cc(=O)n(C)c(=O)n3C)c12. The molecule has 34 heavy (non-hydrogen) atoms. The molecule has 1 saturated heterocycles. The standard InChI is InChI=1S/C22H25N5O6S/c1-12-19-16(21(29)33-10-15-8-18(28)26(3)22(30)25(15)2)9-17(13-4-5-13)23-20(19)27(24-12)14-6-7-34(31,32)11-14/h8-9,13-14H,4-7,10-11H2,1-3H3/t14-/m0/s1. The van der Waals surface area contributed by atoms with Crippen LogP contribution in [0.5, 0.6) is 0 Å². The molecule has 1 saturated carbocycles. The third-order valence-electron chi connectivity index (χ3n) is 6.60. The summed E-state index contributed by atoms with van der Waals surface area (Å²) in [5.74, 6) is -0.283. The molecule has 1 aliphatic carbocycles. The summed E-state index contributed by atoms with van der Waals surface area (Å²) in [5.41, 5.74) is 1.37. The zero-order chi connectivity index (χ0) is 24.4. The number of carbonyl (C=O) groups is 1. The maximum Gasteiger partial charge on any atom is 0.339 e. The van der Waals surface area contributed by atoms with Crippen LogP contribution in [-0.4, -0.2) is 49.8 Å². The molecule has 12 heteroatoms. The van der Waals surface area contributed by atoms with Crippen LogP contribution < -0.4 is 11.2 Å². The lowest BCUT2D eigenvalue weighted by atomic mass is 10.1. The minimum Gasteiger partial charge on any atom is -0.456 e. The lowest BCUT2D eigenvalue weighted by Gasteiger charge is -2.13. The molecule has 5 rings (SSSR count). The monoisotopic (exact) mass is 487 g/mol. The smallest absolute Gasteiger partial charge is 0.339 e. The van der Waals surface area contributed by atoms with Crippen molar-refractivity contribution in [2.24, 2.45) is 14.1 Å². The number of rotatable bonds is 5. The molecule has 1 atom stereocenters. The van der Waals surface area contributed by atoms with E-state index in [1.165, 1.54) is 24.7 Å². The van der Waals surface area contributed by atoms with E-state index in [0.717, 1.165) is 23.1 Å². The van der Waals surface area contributed by atoms with Gasteiger partial charge in [0.05, 0.1) is 39.9 Å². The van der Waals surface area contributed by atoms with E-state index in [1.54, 1.807) is 17.7 Å². The van der Waals surface area contributed by atoms with Crippen LogP contribution in [0, 0.1) is 6.92 Å². The molecule has 0 aromatic carbocycles. The van der Waals surface area contributed by atoms with Crippen LogP contribution in [0.3, 0.4) is 0 Å². The van der Waals surface area contributed by atoms with E-state index in [9.17, 15) is 22.8 Å². The predicted molar refractivity (Wildman–Crippen MR) is 123 cm³/mol. The second-order valence-electron chi connectivity index (χ2n) is 9.11. The number of hydrogen-bond donors (Lipinski definition) is 0. The van der Waals surface area contributed by atoms with Crippen LogP contribution >= 0.6 is 0 Å². The molecule has 3 aromatic heterocycles. The molecule has 0 radical (unpaired) electrons. The molecule has 0 unspecified atom stereocenters. The van der Waals surface area contributed by atoms with Crippen molar-refractivity contribution in [3.8, 4) is 0 Å². The van der Waals surface area contributed by atoms with E-state index in [1.807, 2.05) is 0 Å². The Morgan fingerprint density at radius 1 is 1.15 bits per heavy atom. The van der Waals surface area contributed by atoms with E-state index in [0.29, 0.717) is 28.7 Å². The summed E-state index contributed by atoms with van der Waals surface area (Å²) in [7, 11) is -0.249. The predicted octanol–water partition coefficient (Wildman–Crippen LogP) is 0.731. The van der Waals surface area contributed by atoms with Crippen molar-refractivity contribution >= 4 is 26.8 Å². The van der Waals surface area contributed by atoms with Crippen molar-refractivity contribution in [1.82, 2.24) is 23.9 Å². The number of carbonyl (C=O) groups excluding carboxylic acids is 1. The van der Waals surface area contributed by atoms with Crippen LogP contribution in [0.25, 0.3) is 11.0 Å². The molecule has 2 aliphatic rings. The Labute approximate surface area is 194 Å². The second kappa shape index (κ2) is 7.90. The third kappa shape index (κ3) is 3.85. The lowest BCUT2D eigenvalue weighted by molar-refractivity contribution is 0.0464. The van der Waals surface area contributed by atoms with Gasteiger partial charge in [0.1, 0.15) is 6.61 Å². The summed E-state index contributed by atoms with van der Waals surface area (Å²) in [6.45, 7) is 1.50. The average molecular weight is 488 g/mol. The first-order valence-corrected chi connectivity index (χ1v) is 12.9. The van der Waals surface area contributed by atoms with Crippen LogP contribution in [0.15, 0.2) is 21.7 Å². The Kier molecular flexibility index (Phi) is 5.23. The zero-order valence-electron chi connectivity index (χ0n) is 19.1. The van der Waals surface area contributed by atoms with Crippen molar-refractivity contribution < 1.29 is 17.9 Å². The number of ether oxygens (including phenoxy) is 1. The van der Waals surface area contributed by atoms with E-state index in [2.05, 4.69) is 5.10 Å². The van der Waals surface area contributed by atoms with Crippen LogP contribution in [0.4, 0.5) is 0 Å². The summed E-state index contributed by atoms with van der Waals surface area (Å²) in [6, 6.07) is 2.65. The highest BCUT2D eigenvalue weighted by Gasteiger charge is 2.34. The summed E-state index contributed by atoms with van der Waals surface area (Å²) in [6.07, 6.45) is 2.38. The molecule has 2 fully saturated rings. The highest BCUT2D eigenvalue weighted by Crippen LogP contribution is 2.41. The quantitative estimate of drug-likeness (QED) is 0.481. The first-order chi connectivity index (χ1) is 16.1. The van der Waals surface area contributed by atoms with Crippen molar-refractivity contribution in [3.05, 3.63) is 55.6 Å². The van der Waals surface area contributed by atoms with Crippen molar-refractivity contribution in [3.63, 3.8) is 0 Å². The molecule has 0 N–H and O–H groups in total. The molecule has 3 aromatic rings. The van der Waals surface area contributed by atoms with E-state index >= 15 is 0 Å². The highest BCUT2D eigenvalue weighted by atomic mass is 32.2. The van der Waals surface area contributed by atoms with Gasteiger partial charge in [-0.2, -0.15) is 5.10 Å². The maximum atomic E-state index is 13.2. The highest BCUT2D eigenvalue weighted by molar-refractivity contribution is 7.91. The first-order valence-electron chi connectivity index (χ1n) is 11.1. The largest absolute Gasteiger partial charge is 0.456 e. The summed E-state index contributed by atoms with van der Waals surface area (Å²) >= 11 is 0. The number of hydrogen-bond acceptors (Lipinski definition) is 8. The van der Waals surface area contributed by atoms with E-state index in [-0.39, 0.29) is 35.8 Å². The molecule has 1 aliphatic heterocycles. The number of aryl methyl sites for hydroxylation is 1. The van der Waals surface area contributed by atoms with Gasteiger partial charge in [0, 0.05) is 31.8 Å².